The summed E-state index contributed by atoms with van der Waals surface area (Å²) in [7, 11) is 0. The summed E-state index contributed by atoms with van der Waals surface area (Å²) in [5, 5.41) is 3.89. The average molecular weight is 366 g/mol. The van der Waals surface area contributed by atoms with E-state index in [4.69, 9.17) is 5.73 Å². The molecule has 3 aliphatic rings. The fraction of sp³-hybridized carbons (Fsp3) is 0.471. The number of benzene rings is 1. The Balaban J connectivity index is 1.91. The third-order valence-electron chi connectivity index (χ3n) is 5.46. The molecule has 9 heteroatoms. The highest BCUT2D eigenvalue weighted by Gasteiger charge is 2.43. The molecule has 1 aromatic carbocycles. The van der Waals surface area contributed by atoms with E-state index in [9.17, 15) is 22.8 Å². The van der Waals surface area contributed by atoms with Gasteiger partial charge in [0.25, 0.3) is 5.91 Å². The van der Waals surface area contributed by atoms with E-state index in [1.165, 1.54) is 6.07 Å². The van der Waals surface area contributed by atoms with Gasteiger partial charge in [-0.05, 0) is 43.5 Å². The van der Waals surface area contributed by atoms with Crippen LogP contribution in [0.1, 0.15) is 39.6 Å². The number of alkyl halides is 3. The van der Waals surface area contributed by atoms with Crippen molar-refractivity contribution in [2.75, 3.05) is 19.6 Å². The zero-order valence-electron chi connectivity index (χ0n) is 13.8. The first kappa shape index (κ1) is 17.0. The van der Waals surface area contributed by atoms with Gasteiger partial charge < -0.3 is 10.6 Å². The number of hydrogen-bond acceptors (Lipinski definition) is 4. The number of carbonyl (C=O) groups excluding carboxylic acids is 2. The van der Waals surface area contributed by atoms with Gasteiger partial charge in [0.15, 0.2) is 5.69 Å². The normalized spacial score (nSPS) is 25.6. The Labute approximate surface area is 146 Å². The first-order valence-electron chi connectivity index (χ1n) is 8.42. The zero-order chi connectivity index (χ0) is 18.6. The Bertz CT molecular complexity index is 897. The third-order valence-corrected chi connectivity index (χ3v) is 5.46. The topological polar surface area (TPSA) is 81.2 Å². The largest absolute Gasteiger partial charge is 0.473 e. The predicted molar refractivity (Wildman–Crippen MR) is 86.8 cm³/mol. The van der Waals surface area contributed by atoms with Crippen LogP contribution in [0.4, 0.5) is 13.2 Å². The van der Waals surface area contributed by atoms with Crippen molar-refractivity contribution in [1.82, 2.24) is 14.7 Å². The van der Waals surface area contributed by atoms with Gasteiger partial charge >= 0.3 is 12.1 Å². The molecule has 5 rings (SSSR count). The number of rotatable bonds is 2. The first-order valence-corrected chi connectivity index (χ1v) is 8.42. The smallest absolute Gasteiger partial charge is 0.364 e. The molecule has 0 unspecified atom stereocenters. The van der Waals surface area contributed by atoms with Gasteiger partial charge in [0.05, 0.1) is 5.52 Å². The van der Waals surface area contributed by atoms with Crippen molar-refractivity contribution in [3.8, 4) is 0 Å². The van der Waals surface area contributed by atoms with Crippen LogP contribution in [-0.4, -0.2) is 52.3 Å². The molecule has 1 aromatic heterocycles. The fourth-order valence-corrected chi connectivity index (χ4v) is 4.27. The number of hydrogen-bond donors (Lipinski definition) is 1. The summed E-state index contributed by atoms with van der Waals surface area (Å²) in [6, 6.07) is 4.76. The molecule has 4 heterocycles. The van der Waals surface area contributed by atoms with Gasteiger partial charge in [0.1, 0.15) is 0 Å². The number of primary amides is 1. The van der Waals surface area contributed by atoms with Crippen LogP contribution in [-0.2, 0) is 0 Å². The number of nitrogens with zero attached hydrogens (tertiary/aromatic N) is 3. The molecule has 0 spiro atoms. The van der Waals surface area contributed by atoms with Gasteiger partial charge in [0, 0.05) is 17.8 Å². The highest BCUT2D eigenvalue weighted by Crippen LogP contribution is 2.42. The summed E-state index contributed by atoms with van der Waals surface area (Å²) in [5.74, 6) is -2.61. The minimum atomic E-state index is -5.10. The van der Waals surface area contributed by atoms with E-state index >= 15 is 0 Å². The van der Waals surface area contributed by atoms with Gasteiger partial charge in [0.2, 0.25) is 0 Å². The monoisotopic (exact) mass is 366 g/mol. The highest BCUT2D eigenvalue weighted by molar-refractivity contribution is 6.08. The summed E-state index contributed by atoms with van der Waals surface area (Å²) >= 11 is 0. The minimum absolute atomic E-state index is 0.0323. The van der Waals surface area contributed by atoms with Crippen molar-refractivity contribution in [1.29, 1.82) is 0 Å². The quantitative estimate of drug-likeness (QED) is 0.883. The van der Waals surface area contributed by atoms with Crippen molar-refractivity contribution < 1.29 is 22.8 Å². The Morgan fingerprint density at radius 1 is 1.19 bits per heavy atom. The van der Waals surface area contributed by atoms with Gasteiger partial charge in [-0.25, -0.2) is 0 Å². The molecule has 0 saturated carbocycles. The molecule has 0 aliphatic carbocycles. The second-order valence-electron chi connectivity index (χ2n) is 6.91. The van der Waals surface area contributed by atoms with E-state index in [0.717, 1.165) is 38.0 Å². The van der Waals surface area contributed by atoms with Crippen molar-refractivity contribution in [3.63, 3.8) is 0 Å². The summed E-state index contributed by atoms with van der Waals surface area (Å²) in [5.41, 5.74) is 5.78. The zero-order valence-corrected chi connectivity index (χ0v) is 13.8. The number of carbonyl (C=O) groups is 2. The van der Waals surface area contributed by atoms with Crippen molar-refractivity contribution in [3.05, 3.63) is 29.5 Å². The molecule has 2 N–H and O–H groups in total. The Morgan fingerprint density at radius 2 is 1.88 bits per heavy atom. The summed E-state index contributed by atoms with van der Waals surface area (Å²) in [4.78, 5) is 25.9. The van der Waals surface area contributed by atoms with Crippen LogP contribution in [0.2, 0.25) is 0 Å². The Hall–Kier alpha value is -2.42. The molecule has 3 fully saturated rings. The van der Waals surface area contributed by atoms with E-state index < -0.39 is 18.0 Å². The van der Waals surface area contributed by atoms with Crippen LogP contribution in [0.5, 0.6) is 0 Å². The standard InChI is InChI=1S/C17H17F3N4O2/c18-17(19,20)16(26)24-12-3-1-2-10(13(12)14(22-24)15(21)25)11-8-23-6-4-9(11)5-7-23/h1-3,9,11H,4-8H2,(H2,21,25)/t11-/m0/s1. The lowest BCUT2D eigenvalue weighted by Crippen LogP contribution is -2.46. The van der Waals surface area contributed by atoms with Crippen LogP contribution in [0.25, 0.3) is 10.9 Å². The maximum Gasteiger partial charge on any atom is 0.473 e. The molecule has 3 saturated heterocycles. The molecule has 138 valence electrons. The Kier molecular flexibility index (Phi) is 3.80. The second kappa shape index (κ2) is 5.80. The van der Waals surface area contributed by atoms with E-state index in [1.807, 2.05) is 0 Å². The molecular weight excluding hydrogens is 349 g/mol. The van der Waals surface area contributed by atoms with Crippen molar-refractivity contribution in [2.45, 2.75) is 24.9 Å². The third kappa shape index (κ3) is 2.57. The maximum absolute atomic E-state index is 12.9. The number of nitrogens with two attached hydrogens (primary N) is 1. The van der Waals surface area contributed by atoms with Gasteiger partial charge in [-0.1, -0.05) is 12.1 Å². The predicted octanol–water partition coefficient (Wildman–Crippen LogP) is 2.15. The van der Waals surface area contributed by atoms with Gasteiger partial charge in [-0.15, -0.1) is 0 Å². The van der Waals surface area contributed by atoms with Crippen LogP contribution in [0, 0.1) is 5.92 Å². The number of amides is 1. The average Bonchev–Trinajstić information content (AvgIpc) is 3.01. The number of piperidine rings is 3. The first-order chi connectivity index (χ1) is 12.3. The molecule has 1 amide bonds. The number of fused-ring (bicyclic) bond motifs is 4. The number of aromatic nitrogens is 2. The van der Waals surface area contributed by atoms with Gasteiger partial charge in [-0.2, -0.15) is 23.0 Å². The van der Waals surface area contributed by atoms with Crippen molar-refractivity contribution in [2.24, 2.45) is 11.7 Å². The van der Waals surface area contributed by atoms with E-state index in [1.54, 1.807) is 12.1 Å². The van der Waals surface area contributed by atoms with E-state index in [0.29, 0.717) is 5.92 Å². The van der Waals surface area contributed by atoms with Crippen LogP contribution < -0.4 is 5.73 Å². The van der Waals surface area contributed by atoms with E-state index in [2.05, 4.69) is 10.00 Å². The lowest BCUT2D eigenvalue weighted by Gasteiger charge is -2.45. The van der Waals surface area contributed by atoms with E-state index in [-0.39, 0.29) is 27.2 Å². The molecule has 26 heavy (non-hydrogen) atoms. The summed E-state index contributed by atoms with van der Waals surface area (Å²) in [6.45, 7) is 2.79. The molecule has 0 radical (unpaired) electrons. The lowest BCUT2D eigenvalue weighted by molar-refractivity contribution is -0.0952. The molecule has 2 aromatic rings. The second-order valence-corrected chi connectivity index (χ2v) is 6.91. The minimum Gasteiger partial charge on any atom is -0.364 e. The highest BCUT2D eigenvalue weighted by atomic mass is 19.4. The summed E-state index contributed by atoms with van der Waals surface area (Å²) in [6.07, 6.45) is -3.09. The van der Waals surface area contributed by atoms with Crippen LogP contribution in [0.15, 0.2) is 18.2 Å². The molecule has 3 aliphatic heterocycles. The summed E-state index contributed by atoms with van der Waals surface area (Å²) < 4.78 is 39.0. The molecular formula is C17H17F3N4O2. The van der Waals surface area contributed by atoms with Crippen LogP contribution >= 0.6 is 0 Å². The molecule has 1 atom stereocenters. The van der Waals surface area contributed by atoms with Crippen LogP contribution in [0.3, 0.4) is 0 Å². The maximum atomic E-state index is 12.9. The Morgan fingerprint density at radius 3 is 2.42 bits per heavy atom. The lowest BCUT2D eigenvalue weighted by atomic mass is 9.74. The SMILES string of the molecule is NC(=O)c1nn(C(=O)C(F)(F)F)c2cccc([C@H]3CN4CCC3CC4)c12. The van der Waals surface area contributed by atoms with Crippen molar-refractivity contribution >= 4 is 22.7 Å². The molecule has 2 bridgehead atoms. The molecule has 6 nitrogen and oxygen atoms in total. The fourth-order valence-electron chi connectivity index (χ4n) is 4.27. The number of halogens is 3. The van der Waals surface area contributed by atoms with Gasteiger partial charge in [-0.3, -0.25) is 9.59 Å².